The number of piperidine rings is 1. The van der Waals surface area contributed by atoms with Crippen LogP contribution in [0.1, 0.15) is 73.4 Å². The van der Waals surface area contributed by atoms with E-state index >= 15 is 0 Å². The van der Waals surface area contributed by atoms with Crippen LogP contribution >= 0.6 is 0 Å². The number of likely N-dealkylation sites (tertiary alicyclic amines) is 1. The van der Waals surface area contributed by atoms with Crippen molar-refractivity contribution in [3.63, 3.8) is 0 Å². The summed E-state index contributed by atoms with van der Waals surface area (Å²) in [5.74, 6) is 0.733. The van der Waals surface area contributed by atoms with Crippen molar-refractivity contribution in [2.75, 3.05) is 13.1 Å². The van der Waals surface area contributed by atoms with E-state index in [1.54, 1.807) is 6.07 Å². The average molecular weight is 406 g/mol. The Kier molecular flexibility index (Phi) is 6.29. The Morgan fingerprint density at radius 3 is 2.50 bits per heavy atom. The van der Waals surface area contributed by atoms with Crippen molar-refractivity contribution in [1.29, 1.82) is 0 Å². The van der Waals surface area contributed by atoms with Crippen molar-refractivity contribution in [1.82, 2.24) is 4.90 Å². The molecule has 1 heterocycles. The van der Waals surface area contributed by atoms with Crippen molar-refractivity contribution in [3.8, 4) is 0 Å². The number of carboxylic acids is 1. The minimum atomic E-state index is -0.829. The minimum absolute atomic E-state index is 0.298. The third-order valence-electron chi connectivity index (χ3n) is 7.54. The number of carboxylic acid groups (broad SMARTS) is 1. The molecule has 2 atom stereocenters. The standard InChI is InChI=1S/C27H35NO2/c1-20(2)28-15-13-27(14-16-28,19-21-7-6-10-24(17-21)26(29)30)12-11-23-18-25(23)22-8-4-3-5-9-22/h3-10,17,20,23,25H,11-16,18-19H2,1-2H3,(H,29,30)/t23-,25?/m1/s1. The molecular weight excluding hydrogens is 370 g/mol. The molecule has 0 spiro atoms. The van der Waals surface area contributed by atoms with Crippen LogP contribution in [-0.2, 0) is 6.42 Å². The molecule has 3 nitrogen and oxygen atoms in total. The monoisotopic (exact) mass is 405 g/mol. The average Bonchev–Trinajstić information content (AvgIpc) is 3.53. The molecule has 1 aliphatic heterocycles. The van der Waals surface area contributed by atoms with E-state index in [2.05, 4.69) is 55.1 Å². The summed E-state index contributed by atoms with van der Waals surface area (Å²) in [6.07, 6.45) is 7.30. The molecule has 1 unspecified atom stereocenters. The number of carbonyl (C=O) groups is 1. The number of hydrogen-bond acceptors (Lipinski definition) is 2. The molecule has 2 aliphatic rings. The Morgan fingerprint density at radius 2 is 1.83 bits per heavy atom. The van der Waals surface area contributed by atoms with Gasteiger partial charge in [-0.1, -0.05) is 42.5 Å². The zero-order valence-corrected chi connectivity index (χ0v) is 18.4. The molecule has 0 radical (unpaired) electrons. The second-order valence-corrected chi connectivity index (χ2v) is 9.86. The first-order valence-corrected chi connectivity index (χ1v) is 11.6. The molecule has 2 fully saturated rings. The lowest BCUT2D eigenvalue weighted by Gasteiger charge is -2.44. The largest absolute Gasteiger partial charge is 0.478 e. The minimum Gasteiger partial charge on any atom is -0.478 e. The van der Waals surface area contributed by atoms with Crippen molar-refractivity contribution >= 4 is 5.97 Å². The fraction of sp³-hybridized carbons (Fsp3) is 0.519. The number of rotatable bonds is 8. The Bertz CT molecular complexity index is 852. The molecule has 1 aliphatic carbocycles. The highest BCUT2D eigenvalue weighted by atomic mass is 16.4. The molecule has 1 N–H and O–H groups in total. The van der Waals surface area contributed by atoms with Gasteiger partial charge >= 0.3 is 5.97 Å². The second kappa shape index (κ2) is 8.93. The summed E-state index contributed by atoms with van der Waals surface area (Å²) in [4.78, 5) is 14.0. The van der Waals surface area contributed by atoms with E-state index in [1.165, 1.54) is 43.2 Å². The molecular formula is C27H35NO2. The van der Waals surface area contributed by atoms with Gasteiger partial charge in [0.2, 0.25) is 0 Å². The molecule has 2 aromatic carbocycles. The lowest BCUT2D eigenvalue weighted by atomic mass is 9.70. The van der Waals surface area contributed by atoms with E-state index < -0.39 is 5.97 Å². The maximum absolute atomic E-state index is 11.4. The zero-order valence-electron chi connectivity index (χ0n) is 18.4. The summed E-state index contributed by atoms with van der Waals surface area (Å²) in [5, 5.41) is 9.39. The van der Waals surface area contributed by atoms with Crippen LogP contribution in [0.2, 0.25) is 0 Å². The summed E-state index contributed by atoms with van der Waals surface area (Å²) in [6.45, 7) is 6.89. The van der Waals surface area contributed by atoms with E-state index in [0.29, 0.717) is 17.0 Å². The molecule has 0 amide bonds. The van der Waals surface area contributed by atoms with Crippen LogP contribution in [0.3, 0.4) is 0 Å². The summed E-state index contributed by atoms with van der Waals surface area (Å²) in [6, 6.07) is 19.2. The van der Waals surface area contributed by atoms with E-state index in [1.807, 2.05) is 12.1 Å². The van der Waals surface area contributed by atoms with Crippen LogP contribution in [0.4, 0.5) is 0 Å². The van der Waals surface area contributed by atoms with Gasteiger partial charge in [-0.3, -0.25) is 0 Å². The molecule has 0 aromatic heterocycles. The third-order valence-corrected chi connectivity index (χ3v) is 7.54. The first-order chi connectivity index (χ1) is 14.5. The first-order valence-electron chi connectivity index (χ1n) is 11.6. The van der Waals surface area contributed by atoms with E-state index in [-0.39, 0.29) is 0 Å². The topological polar surface area (TPSA) is 40.5 Å². The Labute approximate surface area is 181 Å². The van der Waals surface area contributed by atoms with Gasteiger partial charge < -0.3 is 10.0 Å². The van der Waals surface area contributed by atoms with Crippen LogP contribution < -0.4 is 0 Å². The zero-order chi connectivity index (χ0) is 21.1. The highest BCUT2D eigenvalue weighted by molar-refractivity contribution is 5.87. The van der Waals surface area contributed by atoms with Gasteiger partial charge in [-0.25, -0.2) is 4.79 Å². The fourth-order valence-corrected chi connectivity index (χ4v) is 5.44. The van der Waals surface area contributed by atoms with Gasteiger partial charge in [-0.2, -0.15) is 0 Å². The summed E-state index contributed by atoms with van der Waals surface area (Å²) >= 11 is 0. The van der Waals surface area contributed by atoms with Gasteiger partial charge in [0.15, 0.2) is 0 Å². The molecule has 1 saturated heterocycles. The number of nitrogens with zero attached hydrogens (tertiary/aromatic N) is 1. The van der Waals surface area contributed by atoms with Gasteiger partial charge in [0.25, 0.3) is 0 Å². The van der Waals surface area contributed by atoms with E-state index in [4.69, 9.17) is 0 Å². The number of benzene rings is 2. The van der Waals surface area contributed by atoms with Gasteiger partial charge in [0, 0.05) is 6.04 Å². The van der Waals surface area contributed by atoms with Crippen molar-refractivity contribution in [3.05, 3.63) is 71.3 Å². The van der Waals surface area contributed by atoms with Crippen molar-refractivity contribution in [2.45, 2.75) is 64.3 Å². The predicted octanol–water partition coefficient (Wildman–Crippen LogP) is 6.00. The summed E-state index contributed by atoms with van der Waals surface area (Å²) in [7, 11) is 0. The molecule has 3 heteroatoms. The summed E-state index contributed by atoms with van der Waals surface area (Å²) < 4.78 is 0. The van der Waals surface area contributed by atoms with Crippen LogP contribution in [0.5, 0.6) is 0 Å². The second-order valence-electron chi connectivity index (χ2n) is 9.86. The third kappa shape index (κ3) is 4.95. The quantitative estimate of drug-likeness (QED) is 0.585. The maximum atomic E-state index is 11.4. The van der Waals surface area contributed by atoms with Crippen LogP contribution in [0.25, 0.3) is 0 Å². The predicted molar refractivity (Wildman–Crippen MR) is 122 cm³/mol. The maximum Gasteiger partial charge on any atom is 0.335 e. The van der Waals surface area contributed by atoms with Crippen molar-refractivity contribution < 1.29 is 9.90 Å². The van der Waals surface area contributed by atoms with Gasteiger partial charge in [-0.05, 0) is 106 Å². The fourth-order valence-electron chi connectivity index (χ4n) is 5.44. The molecule has 2 aromatic rings. The molecule has 0 bridgehead atoms. The van der Waals surface area contributed by atoms with Crippen LogP contribution in [0, 0.1) is 11.3 Å². The first kappa shape index (κ1) is 21.1. The van der Waals surface area contributed by atoms with Crippen LogP contribution in [0.15, 0.2) is 54.6 Å². The Morgan fingerprint density at radius 1 is 1.10 bits per heavy atom. The Balaban J connectivity index is 1.44. The van der Waals surface area contributed by atoms with Crippen LogP contribution in [-0.4, -0.2) is 35.1 Å². The van der Waals surface area contributed by atoms with Gasteiger partial charge in [0.05, 0.1) is 5.56 Å². The van der Waals surface area contributed by atoms with Gasteiger partial charge in [0.1, 0.15) is 0 Å². The van der Waals surface area contributed by atoms with E-state index in [9.17, 15) is 9.90 Å². The van der Waals surface area contributed by atoms with Gasteiger partial charge in [-0.15, -0.1) is 0 Å². The smallest absolute Gasteiger partial charge is 0.335 e. The molecule has 160 valence electrons. The lowest BCUT2D eigenvalue weighted by molar-refractivity contribution is 0.0691. The molecule has 4 rings (SSSR count). The Hall–Kier alpha value is -2.13. The highest BCUT2D eigenvalue weighted by Crippen LogP contribution is 2.52. The molecule has 1 saturated carbocycles. The number of hydrogen-bond donors (Lipinski definition) is 1. The highest BCUT2D eigenvalue weighted by Gasteiger charge is 2.41. The van der Waals surface area contributed by atoms with E-state index in [0.717, 1.165) is 31.3 Å². The lowest BCUT2D eigenvalue weighted by Crippen LogP contribution is -2.44. The number of aromatic carboxylic acids is 1. The SMILES string of the molecule is CC(C)N1CCC(CC[C@@H]2CC2c2ccccc2)(Cc2cccc(C(=O)O)c2)CC1. The molecule has 30 heavy (non-hydrogen) atoms. The van der Waals surface area contributed by atoms with Crippen molar-refractivity contribution in [2.24, 2.45) is 11.3 Å². The normalized spacial score (nSPS) is 23.4. The summed E-state index contributed by atoms with van der Waals surface area (Å²) in [5.41, 5.74) is 3.39.